The van der Waals surface area contributed by atoms with Crippen molar-refractivity contribution in [2.24, 2.45) is 5.92 Å². The molecule has 1 unspecified atom stereocenters. The molecular formula is C17H27N3O3S. The Morgan fingerprint density at radius 3 is 3.17 bits per heavy atom. The molecule has 0 aliphatic carbocycles. The first-order chi connectivity index (χ1) is 11.7. The Balaban J connectivity index is 1.97. The van der Waals surface area contributed by atoms with E-state index in [1.165, 1.54) is 0 Å². The van der Waals surface area contributed by atoms with Crippen molar-refractivity contribution in [3.05, 3.63) is 23.9 Å². The van der Waals surface area contributed by atoms with Crippen molar-refractivity contribution in [2.45, 2.75) is 18.9 Å². The number of nitrogens with one attached hydrogen (secondary N) is 1. The molecule has 1 saturated heterocycles. The second-order valence-corrected chi connectivity index (χ2v) is 7.00. The zero-order valence-electron chi connectivity index (χ0n) is 14.4. The van der Waals surface area contributed by atoms with Crippen LogP contribution in [0.4, 0.5) is 5.82 Å². The Labute approximate surface area is 148 Å². The average Bonchev–Trinajstić information content (AvgIpc) is 3.08. The second-order valence-electron chi connectivity index (χ2n) is 6.09. The molecule has 1 aliphatic rings. The third kappa shape index (κ3) is 5.36. The van der Waals surface area contributed by atoms with Crippen LogP contribution >= 0.6 is 11.8 Å². The van der Waals surface area contributed by atoms with Gasteiger partial charge in [0.25, 0.3) is 5.91 Å². The maximum absolute atomic E-state index is 12.4. The van der Waals surface area contributed by atoms with Crippen LogP contribution in [0.3, 0.4) is 0 Å². The molecule has 7 heteroatoms. The second kappa shape index (κ2) is 9.86. The number of hydrogen-bond donors (Lipinski definition) is 2. The van der Waals surface area contributed by atoms with E-state index in [4.69, 9.17) is 4.74 Å². The van der Waals surface area contributed by atoms with E-state index in [-0.39, 0.29) is 18.6 Å². The number of rotatable bonds is 9. The summed E-state index contributed by atoms with van der Waals surface area (Å²) in [6.45, 7) is 2.63. The third-order valence-electron chi connectivity index (χ3n) is 4.27. The minimum atomic E-state index is -0.227. The molecule has 134 valence electrons. The molecule has 2 heterocycles. The summed E-state index contributed by atoms with van der Waals surface area (Å²) in [7, 11) is 1.73. The minimum Gasteiger partial charge on any atom is -0.394 e. The van der Waals surface area contributed by atoms with Gasteiger partial charge in [0.05, 0.1) is 12.6 Å². The van der Waals surface area contributed by atoms with Gasteiger partial charge in [-0.2, -0.15) is 11.8 Å². The van der Waals surface area contributed by atoms with Crippen LogP contribution in [0, 0.1) is 5.92 Å². The molecule has 1 aromatic heterocycles. The molecule has 1 amide bonds. The van der Waals surface area contributed by atoms with Crippen LogP contribution in [0.25, 0.3) is 0 Å². The molecule has 2 atom stereocenters. The molecule has 0 saturated carbocycles. The van der Waals surface area contributed by atoms with E-state index in [1.54, 1.807) is 31.1 Å². The molecule has 6 nitrogen and oxygen atoms in total. The lowest BCUT2D eigenvalue weighted by Gasteiger charge is -2.19. The van der Waals surface area contributed by atoms with E-state index in [1.807, 2.05) is 12.3 Å². The van der Waals surface area contributed by atoms with Crippen LogP contribution < -0.4 is 10.2 Å². The number of carbonyl (C=O) groups excluding carboxylic acids is 1. The molecule has 1 aliphatic heterocycles. The topological polar surface area (TPSA) is 74.7 Å². The molecule has 0 spiro atoms. The molecule has 2 N–H and O–H groups in total. The van der Waals surface area contributed by atoms with Crippen molar-refractivity contribution >= 4 is 23.5 Å². The Bertz CT molecular complexity index is 530. The van der Waals surface area contributed by atoms with Crippen molar-refractivity contribution in [3.63, 3.8) is 0 Å². The van der Waals surface area contributed by atoms with Gasteiger partial charge in [0.1, 0.15) is 5.82 Å². The van der Waals surface area contributed by atoms with Crippen molar-refractivity contribution in [1.82, 2.24) is 10.3 Å². The summed E-state index contributed by atoms with van der Waals surface area (Å²) in [6, 6.07) is 3.32. The monoisotopic (exact) mass is 353 g/mol. The largest absolute Gasteiger partial charge is 0.394 e. The highest BCUT2D eigenvalue weighted by Crippen LogP contribution is 2.24. The smallest absolute Gasteiger partial charge is 0.251 e. The number of anilines is 1. The van der Waals surface area contributed by atoms with Crippen molar-refractivity contribution in [1.29, 1.82) is 0 Å². The van der Waals surface area contributed by atoms with Crippen molar-refractivity contribution in [3.8, 4) is 0 Å². The number of thioether (sulfide) groups is 1. The number of carbonyl (C=O) groups is 1. The summed E-state index contributed by atoms with van der Waals surface area (Å²) in [4.78, 5) is 19.0. The fourth-order valence-electron chi connectivity index (χ4n) is 2.90. The number of aliphatic hydroxyl groups excluding tert-OH is 1. The van der Waals surface area contributed by atoms with Gasteiger partial charge in [-0.3, -0.25) is 4.79 Å². The molecular weight excluding hydrogens is 326 g/mol. The van der Waals surface area contributed by atoms with Crippen LogP contribution in [-0.4, -0.2) is 67.5 Å². The SMILES string of the molecule is COCCC1CCN(c2cc(C(=O)N[C@@H](CO)CSC)ccn2)C1. The van der Waals surface area contributed by atoms with E-state index >= 15 is 0 Å². The van der Waals surface area contributed by atoms with Crippen LogP contribution in [-0.2, 0) is 4.74 Å². The van der Waals surface area contributed by atoms with Crippen LogP contribution in [0.5, 0.6) is 0 Å². The Morgan fingerprint density at radius 1 is 1.62 bits per heavy atom. The average molecular weight is 353 g/mol. The van der Waals surface area contributed by atoms with E-state index in [9.17, 15) is 9.90 Å². The summed E-state index contributed by atoms with van der Waals surface area (Å²) >= 11 is 1.60. The molecule has 2 rings (SSSR count). The van der Waals surface area contributed by atoms with E-state index in [0.717, 1.165) is 38.4 Å². The van der Waals surface area contributed by atoms with Crippen LogP contribution in [0.1, 0.15) is 23.2 Å². The molecule has 0 aromatic carbocycles. The number of ether oxygens (including phenoxy) is 1. The van der Waals surface area contributed by atoms with Gasteiger partial charge in [0.2, 0.25) is 0 Å². The van der Waals surface area contributed by atoms with E-state index in [2.05, 4.69) is 15.2 Å². The predicted molar refractivity (Wildman–Crippen MR) is 97.8 cm³/mol. The third-order valence-corrected chi connectivity index (χ3v) is 5.01. The van der Waals surface area contributed by atoms with Gasteiger partial charge >= 0.3 is 0 Å². The molecule has 24 heavy (non-hydrogen) atoms. The number of aliphatic hydroxyl groups is 1. The molecule has 0 radical (unpaired) electrons. The summed E-state index contributed by atoms with van der Waals surface area (Å²) in [5, 5.41) is 12.2. The van der Waals surface area contributed by atoms with E-state index in [0.29, 0.717) is 17.2 Å². The number of pyridine rings is 1. The van der Waals surface area contributed by atoms with Crippen LogP contribution in [0.15, 0.2) is 18.3 Å². The van der Waals surface area contributed by atoms with Crippen LogP contribution in [0.2, 0.25) is 0 Å². The maximum Gasteiger partial charge on any atom is 0.251 e. The summed E-state index contributed by atoms with van der Waals surface area (Å²) < 4.78 is 5.15. The number of aromatic nitrogens is 1. The fourth-order valence-corrected chi connectivity index (χ4v) is 3.49. The van der Waals surface area contributed by atoms with Gasteiger partial charge in [-0.05, 0) is 37.1 Å². The highest BCUT2D eigenvalue weighted by atomic mass is 32.2. The highest BCUT2D eigenvalue weighted by Gasteiger charge is 2.24. The van der Waals surface area contributed by atoms with Gasteiger partial charge in [0, 0.05) is 44.3 Å². The molecule has 1 aromatic rings. The van der Waals surface area contributed by atoms with Gasteiger partial charge in [-0.15, -0.1) is 0 Å². The van der Waals surface area contributed by atoms with E-state index < -0.39 is 0 Å². The Morgan fingerprint density at radius 2 is 2.46 bits per heavy atom. The minimum absolute atomic E-state index is 0.0577. The lowest BCUT2D eigenvalue weighted by atomic mass is 10.1. The molecule has 1 fully saturated rings. The first-order valence-electron chi connectivity index (χ1n) is 8.28. The summed E-state index contributed by atoms with van der Waals surface area (Å²) in [5.41, 5.74) is 0.583. The lowest BCUT2D eigenvalue weighted by Crippen LogP contribution is -2.39. The number of amides is 1. The van der Waals surface area contributed by atoms with Gasteiger partial charge in [-0.25, -0.2) is 4.98 Å². The summed E-state index contributed by atoms with van der Waals surface area (Å²) in [5.74, 6) is 1.98. The number of hydrogen-bond acceptors (Lipinski definition) is 6. The Kier molecular flexibility index (Phi) is 7.81. The quantitative estimate of drug-likeness (QED) is 0.699. The fraction of sp³-hybridized carbons (Fsp3) is 0.647. The Hall–Kier alpha value is -1.31. The first kappa shape index (κ1) is 19.0. The highest BCUT2D eigenvalue weighted by molar-refractivity contribution is 7.98. The standard InChI is InChI=1S/C17H27N3O3S/c1-23-8-5-13-4-7-20(10-13)16-9-14(3-6-18-16)17(22)19-15(11-21)12-24-2/h3,6,9,13,15,21H,4-5,7-8,10-12H2,1-2H3,(H,19,22)/t13?,15-/m0/s1. The van der Waals surface area contributed by atoms with Gasteiger partial charge < -0.3 is 20.1 Å². The predicted octanol–water partition coefficient (Wildman–Crippen LogP) is 1.40. The van der Waals surface area contributed by atoms with Gasteiger partial charge in [-0.1, -0.05) is 0 Å². The van der Waals surface area contributed by atoms with Crippen molar-refractivity contribution < 1.29 is 14.6 Å². The lowest BCUT2D eigenvalue weighted by molar-refractivity contribution is 0.0923. The van der Waals surface area contributed by atoms with Crippen molar-refractivity contribution in [2.75, 3.05) is 50.3 Å². The number of nitrogens with zero attached hydrogens (tertiary/aromatic N) is 2. The molecule has 0 bridgehead atoms. The summed E-state index contributed by atoms with van der Waals surface area (Å²) in [6.07, 6.45) is 5.81. The number of methoxy groups -OCH3 is 1. The van der Waals surface area contributed by atoms with Gasteiger partial charge in [0.15, 0.2) is 0 Å². The zero-order chi connectivity index (χ0) is 17.4. The normalized spacial score (nSPS) is 18.6. The maximum atomic E-state index is 12.4. The first-order valence-corrected chi connectivity index (χ1v) is 9.68. The zero-order valence-corrected chi connectivity index (χ0v) is 15.2.